The number of benzene rings is 1. The Morgan fingerprint density at radius 3 is 2.89 bits per heavy atom. The first-order chi connectivity index (χ1) is 13.1. The lowest BCUT2D eigenvalue weighted by atomic mass is 10.3. The molecule has 1 aromatic carbocycles. The van der Waals surface area contributed by atoms with Gasteiger partial charge in [-0.25, -0.2) is 4.98 Å². The number of hydrogen-bond donors (Lipinski definition) is 0. The fourth-order valence-electron chi connectivity index (χ4n) is 2.92. The van der Waals surface area contributed by atoms with Gasteiger partial charge in [0.25, 0.3) is 5.91 Å². The minimum atomic E-state index is -0.120. The topological polar surface area (TPSA) is 71.5 Å². The maximum atomic E-state index is 13.2. The van der Waals surface area contributed by atoms with E-state index in [1.807, 2.05) is 18.2 Å². The zero-order chi connectivity index (χ0) is 18.8. The van der Waals surface area contributed by atoms with Gasteiger partial charge < -0.3 is 4.74 Å². The van der Waals surface area contributed by atoms with E-state index in [0.717, 1.165) is 54.6 Å². The first-order valence-corrected chi connectivity index (χ1v) is 10.6. The Hall–Kier alpha value is -1.65. The maximum absolute atomic E-state index is 13.2. The van der Waals surface area contributed by atoms with Crippen LogP contribution >= 0.6 is 34.5 Å². The summed E-state index contributed by atoms with van der Waals surface area (Å²) in [6, 6.07) is 5.67. The third-order valence-electron chi connectivity index (χ3n) is 4.42. The number of para-hydroxylation sites is 1. The largest absolute Gasteiger partial charge is 0.379 e. The monoisotopic (exact) mass is 423 g/mol. The number of fused-ring (bicyclic) bond motifs is 1. The van der Waals surface area contributed by atoms with Gasteiger partial charge in [0.15, 0.2) is 5.13 Å². The quantitative estimate of drug-likeness (QED) is 0.628. The number of rotatable bonds is 5. The van der Waals surface area contributed by atoms with Crippen molar-refractivity contribution >= 4 is 55.7 Å². The number of anilines is 1. The fourth-order valence-corrected chi connectivity index (χ4v) is 4.82. The molecule has 1 aliphatic heterocycles. The van der Waals surface area contributed by atoms with E-state index in [4.69, 9.17) is 16.3 Å². The molecule has 1 amide bonds. The lowest BCUT2D eigenvalue weighted by Crippen LogP contribution is -2.43. The van der Waals surface area contributed by atoms with Gasteiger partial charge in [0.1, 0.15) is 10.4 Å². The van der Waals surface area contributed by atoms with E-state index in [1.54, 1.807) is 11.8 Å². The van der Waals surface area contributed by atoms with Crippen LogP contribution in [0, 0.1) is 6.92 Å². The molecular weight excluding hydrogens is 406 g/mol. The summed E-state index contributed by atoms with van der Waals surface area (Å²) in [5.74, 6) is -0.120. The van der Waals surface area contributed by atoms with Crippen molar-refractivity contribution in [2.75, 3.05) is 44.3 Å². The van der Waals surface area contributed by atoms with Crippen molar-refractivity contribution in [3.05, 3.63) is 33.8 Å². The number of ether oxygens (including phenoxy) is 1. The first-order valence-electron chi connectivity index (χ1n) is 8.59. The van der Waals surface area contributed by atoms with Crippen molar-refractivity contribution in [3.63, 3.8) is 0 Å². The molecule has 3 aromatic rings. The lowest BCUT2D eigenvalue weighted by Gasteiger charge is -2.29. The molecular formula is C17H18ClN5O2S2. The molecule has 142 valence electrons. The zero-order valence-electron chi connectivity index (χ0n) is 14.7. The van der Waals surface area contributed by atoms with Crippen LogP contribution in [0.1, 0.15) is 15.4 Å². The smallest absolute Gasteiger partial charge is 0.273 e. The van der Waals surface area contributed by atoms with Crippen LogP contribution in [0.5, 0.6) is 0 Å². The normalized spacial score (nSPS) is 15.3. The molecule has 27 heavy (non-hydrogen) atoms. The van der Waals surface area contributed by atoms with Crippen molar-refractivity contribution < 1.29 is 9.53 Å². The molecule has 1 fully saturated rings. The molecule has 3 heterocycles. The van der Waals surface area contributed by atoms with Crippen molar-refractivity contribution in [2.45, 2.75) is 6.92 Å². The second-order valence-electron chi connectivity index (χ2n) is 6.18. The standard InChI is InChI=1S/C17H18ClN5O2S2/c1-11-15(27-21-20-11)16(24)23(6-5-22-7-9-25-10-8-22)17-19-14-12(18)3-2-4-13(14)26-17/h2-4H,5-10H2,1H3. The van der Waals surface area contributed by atoms with Crippen molar-refractivity contribution in [2.24, 2.45) is 0 Å². The first kappa shape index (κ1) is 18.7. The van der Waals surface area contributed by atoms with Crippen LogP contribution in [0.15, 0.2) is 18.2 Å². The summed E-state index contributed by atoms with van der Waals surface area (Å²) in [5, 5.41) is 5.21. The van der Waals surface area contributed by atoms with Crippen molar-refractivity contribution in [1.82, 2.24) is 19.5 Å². The van der Waals surface area contributed by atoms with Crippen LogP contribution in [0.3, 0.4) is 0 Å². The van der Waals surface area contributed by atoms with Crippen molar-refractivity contribution in [3.8, 4) is 0 Å². The van der Waals surface area contributed by atoms with E-state index in [1.165, 1.54) is 11.3 Å². The third-order valence-corrected chi connectivity index (χ3v) is 6.59. The molecule has 10 heteroatoms. The van der Waals surface area contributed by atoms with Gasteiger partial charge in [0, 0.05) is 26.2 Å². The number of morpholine rings is 1. The van der Waals surface area contributed by atoms with Gasteiger partial charge in [0.2, 0.25) is 0 Å². The maximum Gasteiger partial charge on any atom is 0.273 e. The highest BCUT2D eigenvalue weighted by Crippen LogP contribution is 2.33. The van der Waals surface area contributed by atoms with Gasteiger partial charge in [-0.05, 0) is 30.6 Å². The average Bonchev–Trinajstić information content (AvgIpc) is 3.29. The van der Waals surface area contributed by atoms with Gasteiger partial charge in [-0.2, -0.15) is 0 Å². The molecule has 1 aliphatic rings. The predicted molar refractivity (Wildman–Crippen MR) is 108 cm³/mol. The SMILES string of the molecule is Cc1nnsc1C(=O)N(CCN1CCOCC1)c1nc2c(Cl)cccc2s1. The predicted octanol–water partition coefficient (Wildman–Crippen LogP) is 3.09. The molecule has 7 nitrogen and oxygen atoms in total. The van der Waals surface area contributed by atoms with Crippen LogP contribution < -0.4 is 4.90 Å². The highest BCUT2D eigenvalue weighted by atomic mass is 35.5. The van der Waals surface area contributed by atoms with Gasteiger partial charge >= 0.3 is 0 Å². The fraction of sp³-hybridized carbons (Fsp3) is 0.412. The van der Waals surface area contributed by atoms with E-state index in [9.17, 15) is 4.79 Å². The third kappa shape index (κ3) is 3.97. The minimum Gasteiger partial charge on any atom is -0.379 e. The lowest BCUT2D eigenvalue weighted by molar-refractivity contribution is 0.0391. The molecule has 0 bridgehead atoms. The molecule has 0 radical (unpaired) electrons. The van der Waals surface area contributed by atoms with Crippen LogP contribution in [0.25, 0.3) is 10.2 Å². The Morgan fingerprint density at radius 2 is 2.19 bits per heavy atom. The second-order valence-corrected chi connectivity index (χ2v) is 8.35. The van der Waals surface area contributed by atoms with Crippen LogP contribution in [0.2, 0.25) is 5.02 Å². The summed E-state index contributed by atoms with van der Waals surface area (Å²) in [4.78, 5) is 22.4. The summed E-state index contributed by atoms with van der Waals surface area (Å²) in [6.07, 6.45) is 0. The number of aromatic nitrogens is 3. The van der Waals surface area contributed by atoms with Crippen LogP contribution in [-0.2, 0) is 4.74 Å². The summed E-state index contributed by atoms with van der Waals surface area (Å²) in [6.45, 7) is 6.28. The van der Waals surface area contributed by atoms with Gasteiger partial charge in [-0.3, -0.25) is 14.6 Å². The highest BCUT2D eigenvalue weighted by Gasteiger charge is 2.26. The molecule has 0 aliphatic carbocycles. The van der Waals surface area contributed by atoms with Gasteiger partial charge in [-0.15, -0.1) is 5.10 Å². The highest BCUT2D eigenvalue weighted by molar-refractivity contribution is 7.22. The molecule has 4 rings (SSSR count). The minimum absolute atomic E-state index is 0.120. The van der Waals surface area contributed by atoms with Crippen molar-refractivity contribution in [1.29, 1.82) is 0 Å². The number of carbonyl (C=O) groups excluding carboxylic acids is 1. The molecule has 0 atom stereocenters. The summed E-state index contributed by atoms with van der Waals surface area (Å²) >= 11 is 8.86. The molecule has 0 spiro atoms. The van der Waals surface area contributed by atoms with E-state index in [2.05, 4.69) is 19.5 Å². The van der Waals surface area contributed by atoms with Crippen LogP contribution in [-0.4, -0.2) is 64.8 Å². The van der Waals surface area contributed by atoms with E-state index >= 15 is 0 Å². The number of aryl methyl sites for hydroxylation is 1. The molecule has 0 saturated carbocycles. The van der Waals surface area contributed by atoms with E-state index in [-0.39, 0.29) is 5.91 Å². The molecule has 2 aromatic heterocycles. The average molecular weight is 424 g/mol. The van der Waals surface area contributed by atoms with Gasteiger partial charge in [0.05, 0.1) is 28.6 Å². The summed E-state index contributed by atoms with van der Waals surface area (Å²) < 4.78 is 10.3. The van der Waals surface area contributed by atoms with Gasteiger partial charge in [-0.1, -0.05) is 33.5 Å². The zero-order valence-corrected chi connectivity index (χ0v) is 17.1. The number of nitrogens with zero attached hydrogens (tertiary/aromatic N) is 5. The number of amides is 1. The Balaban J connectivity index is 1.64. The number of halogens is 1. The summed E-state index contributed by atoms with van der Waals surface area (Å²) in [5.41, 5.74) is 1.36. The Morgan fingerprint density at radius 1 is 1.37 bits per heavy atom. The number of hydrogen-bond acceptors (Lipinski definition) is 8. The Kier molecular flexibility index (Phi) is 5.65. The Labute approximate surface area is 169 Å². The molecule has 1 saturated heterocycles. The molecule has 0 unspecified atom stereocenters. The molecule has 0 N–H and O–H groups in total. The number of thiazole rings is 1. The second kappa shape index (κ2) is 8.15. The Bertz CT molecular complexity index is 954. The van der Waals surface area contributed by atoms with Crippen LogP contribution in [0.4, 0.5) is 5.13 Å². The summed E-state index contributed by atoms with van der Waals surface area (Å²) in [7, 11) is 0. The number of carbonyl (C=O) groups is 1. The van der Waals surface area contributed by atoms with E-state index in [0.29, 0.717) is 27.3 Å². The van der Waals surface area contributed by atoms with E-state index < -0.39 is 0 Å².